The first-order chi connectivity index (χ1) is 8.37. The second kappa shape index (κ2) is 5.06. The van der Waals surface area contributed by atoms with E-state index in [0.29, 0.717) is 10.4 Å². The molecule has 18 heavy (non-hydrogen) atoms. The molecule has 0 fully saturated rings. The van der Waals surface area contributed by atoms with Crippen LogP contribution in [0.3, 0.4) is 0 Å². The maximum absolute atomic E-state index is 11.9. The van der Waals surface area contributed by atoms with E-state index in [9.17, 15) is 4.79 Å². The molecule has 0 atom stereocenters. The molecule has 0 unspecified atom stereocenters. The molecule has 0 radical (unpaired) electrons. The lowest BCUT2D eigenvalue weighted by Gasteiger charge is -2.17. The van der Waals surface area contributed by atoms with Gasteiger partial charge >= 0.3 is 4.87 Å². The third kappa shape index (κ3) is 3.15. The number of hydrogen-bond donors (Lipinski definition) is 0. The Kier molecular flexibility index (Phi) is 3.83. The minimum atomic E-state index is 0.112. The topological polar surface area (TPSA) is 22.0 Å². The Morgan fingerprint density at radius 3 is 2.72 bits per heavy atom. The molecule has 0 saturated carbocycles. The fourth-order valence-electron chi connectivity index (χ4n) is 2.01. The summed E-state index contributed by atoms with van der Waals surface area (Å²) in [6.07, 6.45) is 2.12. The van der Waals surface area contributed by atoms with Crippen LogP contribution in [0.5, 0.6) is 0 Å². The van der Waals surface area contributed by atoms with Gasteiger partial charge in [0.1, 0.15) is 0 Å². The van der Waals surface area contributed by atoms with Crippen LogP contribution in [0.4, 0.5) is 0 Å². The van der Waals surface area contributed by atoms with Crippen LogP contribution in [0.15, 0.2) is 23.0 Å². The molecule has 0 spiro atoms. The summed E-state index contributed by atoms with van der Waals surface area (Å²) in [6, 6.07) is 5.63. The second-order valence-electron chi connectivity index (χ2n) is 5.80. The zero-order valence-electron chi connectivity index (χ0n) is 11.0. The van der Waals surface area contributed by atoms with Crippen molar-refractivity contribution in [2.24, 2.45) is 5.41 Å². The van der Waals surface area contributed by atoms with E-state index in [1.807, 2.05) is 22.8 Å². The molecule has 0 bridgehead atoms. The second-order valence-corrected chi connectivity index (χ2v) is 7.23. The SMILES string of the molecule is CC(C)(C)CCCn1c(=O)sc2ccc(Cl)cc21. The normalized spacial score (nSPS) is 12.2. The first-order valence-electron chi connectivity index (χ1n) is 6.16. The molecular formula is C14H18ClNOS. The van der Waals surface area contributed by atoms with Gasteiger partial charge in [-0.05, 0) is 36.5 Å². The van der Waals surface area contributed by atoms with Crippen LogP contribution in [0.2, 0.25) is 5.02 Å². The fourth-order valence-corrected chi connectivity index (χ4v) is 3.08. The Hall–Kier alpha value is -0.800. The van der Waals surface area contributed by atoms with Crippen LogP contribution in [-0.4, -0.2) is 4.57 Å². The third-order valence-corrected chi connectivity index (χ3v) is 4.13. The Bertz CT molecular complexity index is 606. The van der Waals surface area contributed by atoms with Crippen LogP contribution in [0.1, 0.15) is 33.6 Å². The molecule has 2 nitrogen and oxygen atoms in total. The minimum absolute atomic E-state index is 0.112. The quantitative estimate of drug-likeness (QED) is 0.810. The standard InChI is InChI=1S/C14H18ClNOS/c1-14(2,3)7-4-8-16-11-9-10(15)5-6-12(11)18-13(16)17/h5-6,9H,4,7-8H2,1-3H3. The van der Waals surface area contributed by atoms with Crippen molar-refractivity contribution in [1.82, 2.24) is 4.57 Å². The molecule has 98 valence electrons. The lowest BCUT2D eigenvalue weighted by atomic mass is 9.91. The Balaban J connectivity index is 2.25. The molecule has 0 amide bonds. The molecule has 1 aromatic carbocycles. The largest absolute Gasteiger partial charge is 0.308 e. The van der Waals surface area contributed by atoms with Crippen molar-refractivity contribution < 1.29 is 0 Å². The van der Waals surface area contributed by atoms with E-state index in [-0.39, 0.29) is 4.87 Å². The van der Waals surface area contributed by atoms with Gasteiger partial charge in [0.2, 0.25) is 0 Å². The zero-order valence-corrected chi connectivity index (χ0v) is 12.6. The van der Waals surface area contributed by atoms with E-state index in [1.165, 1.54) is 11.3 Å². The van der Waals surface area contributed by atoms with Gasteiger partial charge in [-0.15, -0.1) is 0 Å². The van der Waals surface area contributed by atoms with Gasteiger partial charge in [0.05, 0.1) is 10.2 Å². The maximum Gasteiger partial charge on any atom is 0.308 e. The number of nitrogens with zero attached hydrogens (tertiary/aromatic N) is 1. The van der Waals surface area contributed by atoms with Gasteiger partial charge in [-0.1, -0.05) is 43.7 Å². The van der Waals surface area contributed by atoms with Gasteiger partial charge in [-0.3, -0.25) is 9.36 Å². The van der Waals surface area contributed by atoms with Gasteiger partial charge in [0.25, 0.3) is 0 Å². The van der Waals surface area contributed by atoms with Crippen molar-refractivity contribution in [3.63, 3.8) is 0 Å². The van der Waals surface area contributed by atoms with Gasteiger partial charge in [-0.2, -0.15) is 0 Å². The van der Waals surface area contributed by atoms with Crippen molar-refractivity contribution in [2.75, 3.05) is 0 Å². The summed E-state index contributed by atoms with van der Waals surface area (Å²) in [7, 11) is 0. The van der Waals surface area contributed by atoms with Crippen molar-refractivity contribution in [3.05, 3.63) is 32.9 Å². The number of aromatic nitrogens is 1. The zero-order chi connectivity index (χ0) is 13.3. The van der Waals surface area contributed by atoms with Crippen LogP contribution in [0, 0.1) is 5.41 Å². The molecule has 0 aliphatic heterocycles. The van der Waals surface area contributed by atoms with Gasteiger partial charge < -0.3 is 0 Å². The summed E-state index contributed by atoms with van der Waals surface area (Å²) in [5.74, 6) is 0. The van der Waals surface area contributed by atoms with Gasteiger partial charge in [-0.25, -0.2) is 0 Å². The smallest absolute Gasteiger partial charge is 0.299 e. The third-order valence-electron chi connectivity index (χ3n) is 2.94. The summed E-state index contributed by atoms with van der Waals surface area (Å²) in [6.45, 7) is 7.44. The number of fused-ring (bicyclic) bond motifs is 1. The first kappa shape index (κ1) is 13.6. The van der Waals surface area contributed by atoms with Crippen LogP contribution >= 0.6 is 22.9 Å². The van der Waals surface area contributed by atoms with Crippen LogP contribution in [0.25, 0.3) is 10.2 Å². The highest BCUT2D eigenvalue weighted by Gasteiger charge is 2.12. The van der Waals surface area contributed by atoms with Crippen molar-refractivity contribution in [3.8, 4) is 0 Å². The van der Waals surface area contributed by atoms with E-state index in [4.69, 9.17) is 11.6 Å². The summed E-state index contributed by atoms with van der Waals surface area (Å²) in [4.78, 5) is 12.1. The van der Waals surface area contributed by atoms with E-state index in [0.717, 1.165) is 29.6 Å². The van der Waals surface area contributed by atoms with Crippen LogP contribution in [-0.2, 0) is 6.54 Å². The molecule has 1 aromatic heterocycles. The average Bonchev–Trinajstić information content (AvgIpc) is 2.54. The number of rotatable bonds is 3. The molecule has 4 heteroatoms. The Morgan fingerprint density at radius 1 is 1.33 bits per heavy atom. The number of thiazole rings is 1. The molecule has 0 N–H and O–H groups in total. The van der Waals surface area contributed by atoms with E-state index in [1.54, 1.807) is 0 Å². The monoisotopic (exact) mass is 283 g/mol. The molecule has 0 aliphatic rings. The highest BCUT2D eigenvalue weighted by Crippen LogP contribution is 2.24. The molecule has 0 aliphatic carbocycles. The summed E-state index contributed by atoms with van der Waals surface area (Å²) in [5, 5.41) is 0.685. The predicted octanol–water partition coefficient (Wildman–Crippen LogP) is 4.54. The average molecular weight is 284 g/mol. The lowest BCUT2D eigenvalue weighted by molar-refractivity contribution is 0.354. The fraction of sp³-hybridized carbons (Fsp3) is 0.500. The highest BCUT2D eigenvalue weighted by molar-refractivity contribution is 7.16. The molecule has 2 aromatic rings. The Morgan fingerprint density at radius 2 is 2.06 bits per heavy atom. The minimum Gasteiger partial charge on any atom is -0.299 e. The molecule has 2 rings (SSSR count). The Labute approximate surface area is 116 Å². The predicted molar refractivity (Wildman–Crippen MR) is 79.8 cm³/mol. The summed E-state index contributed by atoms with van der Waals surface area (Å²) in [5.41, 5.74) is 1.28. The van der Waals surface area contributed by atoms with Crippen molar-refractivity contribution >= 4 is 33.2 Å². The van der Waals surface area contributed by atoms with Gasteiger partial charge in [0.15, 0.2) is 0 Å². The highest BCUT2D eigenvalue weighted by atomic mass is 35.5. The summed E-state index contributed by atoms with van der Waals surface area (Å²) < 4.78 is 2.86. The van der Waals surface area contributed by atoms with E-state index < -0.39 is 0 Å². The van der Waals surface area contributed by atoms with E-state index >= 15 is 0 Å². The van der Waals surface area contributed by atoms with Crippen molar-refractivity contribution in [1.29, 1.82) is 0 Å². The van der Waals surface area contributed by atoms with Crippen LogP contribution < -0.4 is 4.87 Å². The van der Waals surface area contributed by atoms with Gasteiger partial charge in [0, 0.05) is 11.6 Å². The molecule has 1 heterocycles. The number of benzene rings is 1. The lowest BCUT2D eigenvalue weighted by Crippen LogP contribution is -2.14. The summed E-state index contributed by atoms with van der Waals surface area (Å²) >= 11 is 7.29. The number of aryl methyl sites for hydroxylation is 1. The molecule has 0 saturated heterocycles. The molecular weight excluding hydrogens is 266 g/mol. The number of halogens is 1. The van der Waals surface area contributed by atoms with Crippen molar-refractivity contribution in [2.45, 2.75) is 40.2 Å². The number of hydrogen-bond acceptors (Lipinski definition) is 2. The maximum atomic E-state index is 11.9. The van der Waals surface area contributed by atoms with E-state index in [2.05, 4.69) is 20.8 Å². The first-order valence-corrected chi connectivity index (χ1v) is 7.35.